The van der Waals surface area contributed by atoms with Gasteiger partial charge in [0.25, 0.3) is 5.56 Å². The molecule has 148 valence electrons. The molecule has 3 N–H and O–H groups in total. The van der Waals surface area contributed by atoms with E-state index in [4.69, 9.17) is 5.73 Å². The van der Waals surface area contributed by atoms with Crippen LogP contribution < -0.4 is 11.3 Å². The number of hydrogen-bond donors (Lipinski definition) is 2. The number of anilines is 1. The third-order valence-electron chi connectivity index (χ3n) is 4.18. The summed E-state index contributed by atoms with van der Waals surface area (Å²) in [6, 6.07) is 4.81. The molecule has 0 radical (unpaired) electrons. The van der Waals surface area contributed by atoms with Gasteiger partial charge in [-0.25, -0.2) is 17.6 Å². The number of aromatic amines is 1. The van der Waals surface area contributed by atoms with Crippen LogP contribution in [0.1, 0.15) is 21.5 Å². The van der Waals surface area contributed by atoms with Crippen molar-refractivity contribution >= 4 is 17.9 Å². The summed E-state index contributed by atoms with van der Waals surface area (Å²) in [5.41, 5.74) is 2.42. The summed E-state index contributed by atoms with van der Waals surface area (Å²) in [7, 11) is 0. The van der Waals surface area contributed by atoms with Crippen LogP contribution in [0.15, 0.2) is 41.2 Å². The monoisotopic (exact) mass is 404 g/mol. The molecule has 0 saturated carbocycles. The number of carbonyl (C=O) groups excluding carboxylic acids is 2. The number of hydrogen-bond acceptors (Lipinski definition) is 4. The van der Waals surface area contributed by atoms with Crippen molar-refractivity contribution in [2.45, 2.75) is 6.42 Å². The van der Waals surface area contributed by atoms with Gasteiger partial charge in [-0.1, -0.05) is 0 Å². The van der Waals surface area contributed by atoms with Gasteiger partial charge in [0.15, 0.2) is 5.78 Å². The largest absolute Gasteiger partial charge is 0.385 e. The zero-order chi connectivity index (χ0) is 21.3. The van der Waals surface area contributed by atoms with Gasteiger partial charge in [-0.3, -0.25) is 9.59 Å². The van der Waals surface area contributed by atoms with E-state index in [0.717, 1.165) is 30.3 Å². The van der Waals surface area contributed by atoms with Crippen LogP contribution in [0.5, 0.6) is 0 Å². The number of pyridine rings is 1. The lowest BCUT2D eigenvalue weighted by Gasteiger charge is -2.11. The summed E-state index contributed by atoms with van der Waals surface area (Å²) in [6.45, 7) is 0. The molecular formula is C20H12F4N2O3. The second kappa shape index (κ2) is 7.70. The van der Waals surface area contributed by atoms with E-state index in [1.165, 1.54) is 0 Å². The number of benzene rings is 2. The first kappa shape index (κ1) is 20.0. The van der Waals surface area contributed by atoms with Crippen LogP contribution in [-0.4, -0.2) is 17.1 Å². The lowest BCUT2D eigenvalue weighted by Crippen LogP contribution is -2.18. The average Bonchev–Trinajstić information content (AvgIpc) is 2.62. The van der Waals surface area contributed by atoms with Gasteiger partial charge in [0.1, 0.15) is 35.4 Å². The molecule has 1 heterocycles. The molecule has 0 atom stereocenters. The molecule has 2 aromatic carbocycles. The summed E-state index contributed by atoms with van der Waals surface area (Å²) >= 11 is 0. The Balaban J connectivity index is 2.18. The first-order valence-corrected chi connectivity index (χ1v) is 8.17. The highest BCUT2D eigenvalue weighted by atomic mass is 19.1. The molecule has 0 aliphatic heterocycles. The predicted molar refractivity (Wildman–Crippen MR) is 96.4 cm³/mol. The fraction of sp³-hybridized carbons (Fsp3) is 0.0500. The predicted octanol–water partition coefficient (Wildman–Crippen LogP) is 3.15. The molecule has 0 aliphatic rings. The van der Waals surface area contributed by atoms with Crippen LogP contribution in [-0.2, 0) is 11.2 Å². The molecule has 0 bridgehead atoms. The van der Waals surface area contributed by atoms with Crippen LogP contribution in [0.2, 0.25) is 0 Å². The summed E-state index contributed by atoms with van der Waals surface area (Å²) in [5.74, 6) is -5.82. The van der Waals surface area contributed by atoms with E-state index in [0.29, 0.717) is 12.4 Å². The SMILES string of the molecule is Nc1[nH]c(=O)c(-c2c(F)cc(CC=O)cc2F)cc1C(=O)c1ccc(F)cc1F. The van der Waals surface area contributed by atoms with Gasteiger partial charge in [0.2, 0.25) is 0 Å². The second-order valence-electron chi connectivity index (χ2n) is 6.10. The Morgan fingerprint density at radius 2 is 1.62 bits per heavy atom. The topological polar surface area (TPSA) is 93.0 Å². The van der Waals surface area contributed by atoms with Crippen molar-refractivity contribution in [3.63, 3.8) is 0 Å². The molecule has 0 amide bonds. The van der Waals surface area contributed by atoms with Crippen LogP contribution in [0, 0.1) is 23.3 Å². The van der Waals surface area contributed by atoms with Crippen LogP contribution in [0.4, 0.5) is 23.4 Å². The molecule has 0 saturated heterocycles. The highest BCUT2D eigenvalue weighted by molar-refractivity contribution is 6.12. The third-order valence-corrected chi connectivity index (χ3v) is 4.18. The fourth-order valence-electron chi connectivity index (χ4n) is 2.83. The van der Waals surface area contributed by atoms with E-state index in [2.05, 4.69) is 4.98 Å². The maximum atomic E-state index is 14.4. The van der Waals surface area contributed by atoms with Crippen molar-refractivity contribution in [2.24, 2.45) is 0 Å². The summed E-state index contributed by atoms with van der Waals surface area (Å²) in [4.78, 5) is 37.5. The second-order valence-corrected chi connectivity index (χ2v) is 6.10. The number of aldehydes is 1. The van der Waals surface area contributed by atoms with Crippen molar-refractivity contribution in [3.8, 4) is 11.1 Å². The minimum Gasteiger partial charge on any atom is -0.385 e. The van der Waals surface area contributed by atoms with Gasteiger partial charge in [-0.05, 0) is 35.9 Å². The Labute approximate surface area is 160 Å². The van der Waals surface area contributed by atoms with Crippen LogP contribution >= 0.6 is 0 Å². The van der Waals surface area contributed by atoms with E-state index in [-0.39, 0.29) is 12.0 Å². The normalized spacial score (nSPS) is 10.8. The summed E-state index contributed by atoms with van der Waals surface area (Å²) in [6.07, 6.45) is 0.220. The molecular weight excluding hydrogens is 392 g/mol. The van der Waals surface area contributed by atoms with Crippen molar-refractivity contribution in [1.82, 2.24) is 4.98 Å². The number of rotatable bonds is 5. The van der Waals surface area contributed by atoms with Crippen molar-refractivity contribution in [1.29, 1.82) is 0 Å². The Kier molecular flexibility index (Phi) is 5.31. The fourth-order valence-corrected chi connectivity index (χ4v) is 2.83. The van der Waals surface area contributed by atoms with E-state index in [1.807, 2.05) is 0 Å². The summed E-state index contributed by atoms with van der Waals surface area (Å²) in [5, 5.41) is 0. The average molecular weight is 404 g/mol. The van der Waals surface area contributed by atoms with E-state index in [1.54, 1.807) is 0 Å². The smallest absolute Gasteiger partial charge is 0.257 e. The standard InChI is InChI=1S/C20H12F4N2O3/c21-10-1-2-11(14(22)7-10)18(28)13-8-12(20(29)26-19(13)25)17-15(23)5-9(3-4-27)6-16(17)24/h1-2,4-8H,3H2,(H3,25,26,29). The summed E-state index contributed by atoms with van der Waals surface area (Å²) < 4.78 is 55.9. The molecule has 5 nitrogen and oxygen atoms in total. The maximum Gasteiger partial charge on any atom is 0.257 e. The maximum absolute atomic E-state index is 14.4. The van der Waals surface area contributed by atoms with Gasteiger partial charge in [0, 0.05) is 12.5 Å². The molecule has 0 spiro atoms. The van der Waals surface area contributed by atoms with E-state index >= 15 is 0 Å². The minimum absolute atomic E-state index is 0.0512. The minimum atomic E-state index is -1.17. The number of aromatic nitrogens is 1. The molecule has 29 heavy (non-hydrogen) atoms. The van der Waals surface area contributed by atoms with Crippen molar-refractivity contribution < 1.29 is 27.2 Å². The highest BCUT2D eigenvalue weighted by Crippen LogP contribution is 2.28. The molecule has 0 unspecified atom stereocenters. The van der Waals surface area contributed by atoms with Crippen LogP contribution in [0.25, 0.3) is 11.1 Å². The number of nitrogens with one attached hydrogen (secondary N) is 1. The van der Waals surface area contributed by atoms with Gasteiger partial charge in [-0.2, -0.15) is 0 Å². The Morgan fingerprint density at radius 3 is 2.21 bits per heavy atom. The lowest BCUT2D eigenvalue weighted by atomic mass is 9.97. The number of nitrogen functional groups attached to an aromatic ring is 1. The number of nitrogens with two attached hydrogens (primary N) is 1. The molecule has 0 aliphatic carbocycles. The van der Waals surface area contributed by atoms with Crippen LogP contribution in [0.3, 0.4) is 0 Å². The first-order chi connectivity index (χ1) is 13.7. The quantitative estimate of drug-likeness (QED) is 0.388. The zero-order valence-electron chi connectivity index (χ0n) is 14.6. The number of halogens is 4. The van der Waals surface area contributed by atoms with Gasteiger partial charge in [0.05, 0.1) is 22.3 Å². The molecule has 0 fully saturated rings. The van der Waals surface area contributed by atoms with Crippen molar-refractivity contribution in [3.05, 3.63) is 86.7 Å². The van der Waals surface area contributed by atoms with E-state index in [9.17, 15) is 31.9 Å². The van der Waals surface area contributed by atoms with Gasteiger partial charge in [-0.15, -0.1) is 0 Å². The number of ketones is 1. The molecule has 1 aromatic heterocycles. The lowest BCUT2D eigenvalue weighted by molar-refractivity contribution is -0.107. The highest BCUT2D eigenvalue weighted by Gasteiger charge is 2.23. The van der Waals surface area contributed by atoms with Gasteiger partial charge < -0.3 is 15.5 Å². The molecule has 3 rings (SSSR count). The zero-order valence-corrected chi connectivity index (χ0v) is 14.6. The number of H-pyrrole nitrogens is 1. The Hall–Kier alpha value is -3.75. The molecule has 9 heteroatoms. The Morgan fingerprint density at radius 1 is 0.966 bits per heavy atom. The number of carbonyl (C=O) groups is 2. The first-order valence-electron chi connectivity index (χ1n) is 8.17. The van der Waals surface area contributed by atoms with E-state index < -0.39 is 62.7 Å². The van der Waals surface area contributed by atoms with Crippen molar-refractivity contribution in [2.75, 3.05) is 5.73 Å². The molecule has 3 aromatic rings. The van der Waals surface area contributed by atoms with Gasteiger partial charge >= 0.3 is 0 Å². The third kappa shape index (κ3) is 3.79. The Bertz CT molecular complexity index is 1180.